The Bertz CT molecular complexity index is 700. The summed E-state index contributed by atoms with van der Waals surface area (Å²) in [6.07, 6.45) is 10.8. The first-order valence-corrected chi connectivity index (χ1v) is 13.2. The second-order valence-corrected chi connectivity index (χ2v) is 10.9. The molecule has 0 radical (unpaired) electrons. The molecule has 0 bridgehead atoms. The lowest BCUT2D eigenvalue weighted by Crippen LogP contribution is -2.39. The van der Waals surface area contributed by atoms with E-state index in [4.69, 9.17) is 0 Å². The van der Waals surface area contributed by atoms with Crippen LogP contribution in [0.15, 0.2) is 11.4 Å². The highest BCUT2D eigenvalue weighted by Crippen LogP contribution is 2.25. The van der Waals surface area contributed by atoms with E-state index in [2.05, 4.69) is 30.7 Å². The van der Waals surface area contributed by atoms with Crippen molar-refractivity contribution in [2.24, 2.45) is 5.92 Å². The summed E-state index contributed by atoms with van der Waals surface area (Å²) >= 11 is 0. The molecular weight excluding hydrogens is 386 g/mol. The predicted molar refractivity (Wildman–Crippen MR) is 118 cm³/mol. The average molecular weight is 428 g/mol. The zero-order chi connectivity index (χ0) is 21.3. The molecule has 2 heterocycles. The Balaban J connectivity index is 2.18. The van der Waals surface area contributed by atoms with E-state index in [1.54, 1.807) is 6.20 Å². The van der Waals surface area contributed by atoms with E-state index in [1.807, 2.05) is 4.57 Å². The number of sulfone groups is 1. The van der Waals surface area contributed by atoms with Crippen LogP contribution in [0.5, 0.6) is 0 Å². The number of rotatable bonds is 13. The second kappa shape index (κ2) is 12.1. The van der Waals surface area contributed by atoms with Crippen molar-refractivity contribution in [3.8, 4) is 0 Å². The third-order valence-electron chi connectivity index (χ3n) is 5.92. The molecule has 1 aliphatic rings. The van der Waals surface area contributed by atoms with Crippen LogP contribution in [-0.4, -0.2) is 52.9 Å². The molecule has 1 atom stereocenters. The SMILES string of the molecule is CCCCn1c(CN2CCCC[C@@H]2CCCO)cnc1S(=O)(=O)CCCC(C)C. The van der Waals surface area contributed by atoms with E-state index in [9.17, 15) is 13.5 Å². The molecule has 1 aromatic heterocycles. The Labute approximate surface area is 177 Å². The molecule has 7 heteroatoms. The van der Waals surface area contributed by atoms with Crippen molar-refractivity contribution in [1.29, 1.82) is 0 Å². The highest BCUT2D eigenvalue weighted by Gasteiger charge is 2.27. The lowest BCUT2D eigenvalue weighted by Gasteiger charge is -2.36. The quantitative estimate of drug-likeness (QED) is 0.514. The van der Waals surface area contributed by atoms with Crippen molar-refractivity contribution >= 4 is 9.84 Å². The highest BCUT2D eigenvalue weighted by atomic mass is 32.2. The number of piperidine rings is 1. The van der Waals surface area contributed by atoms with Crippen LogP contribution >= 0.6 is 0 Å². The normalized spacial score (nSPS) is 18.6. The van der Waals surface area contributed by atoms with Gasteiger partial charge in [0.15, 0.2) is 0 Å². The van der Waals surface area contributed by atoms with Crippen LogP contribution in [0.2, 0.25) is 0 Å². The number of aliphatic hydroxyl groups is 1. The molecule has 6 nitrogen and oxygen atoms in total. The van der Waals surface area contributed by atoms with Crippen molar-refractivity contribution < 1.29 is 13.5 Å². The summed E-state index contributed by atoms with van der Waals surface area (Å²) in [4.78, 5) is 6.87. The lowest BCUT2D eigenvalue weighted by molar-refractivity contribution is 0.120. The van der Waals surface area contributed by atoms with Crippen molar-refractivity contribution in [3.63, 3.8) is 0 Å². The van der Waals surface area contributed by atoms with Gasteiger partial charge in [-0.3, -0.25) is 4.90 Å². The Kier molecular flexibility index (Phi) is 10.1. The van der Waals surface area contributed by atoms with Crippen LogP contribution < -0.4 is 0 Å². The molecule has 2 rings (SSSR count). The van der Waals surface area contributed by atoms with Crippen LogP contribution in [0.4, 0.5) is 0 Å². The van der Waals surface area contributed by atoms with Gasteiger partial charge in [0.05, 0.1) is 17.6 Å². The summed E-state index contributed by atoms with van der Waals surface area (Å²) in [7, 11) is -3.36. The monoisotopic (exact) mass is 427 g/mol. The van der Waals surface area contributed by atoms with Gasteiger partial charge in [-0.05, 0) is 57.4 Å². The number of imidazole rings is 1. The van der Waals surface area contributed by atoms with E-state index in [-0.39, 0.29) is 17.5 Å². The molecule has 0 spiro atoms. The first-order valence-electron chi connectivity index (χ1n) is 11.5. The smallest absolute Gasteiger partial charge is 0.227 e. The fraction of sp³-hybridized carbons (Fsp3) is 0.864. The van der Waals surface area contributed by atoms with Crippen LogP contribution in [0.3, 0.4) is 0 Å². The minimum Gasteiger partial charge on any atom is -0.396 e. The van der Waals surface area contributed by atoms with Crippen molar-refractivity contribution in [2.45, 2.75) is 103 Å². The summed E-state index contributed by atoms with van der Waals surface area (Å²) in [6, 6.07) is 0.469. The number of hydrogen-bond acceptors (Lipinski definition) is 5. The summed E-state index contributed by atoms with van der Waals surface area (Å²) in [5.41, 5.74) is 1.01. The van der Waals surface area contributed by atoms with Gasteiger partial charge >= 0.3 is 0 Å². The maximum Gasteiger partial charge on any atom is 0.227 e. The molecule has 1 saturated heterocycles. The number of aromatic nitrogens is 2. The van der Waals surface area contributed by atoms with Crippen LogP contribution in [0.1, 0.15) is 84.3 Å². The maximum atomic E-state index is 13.0. The lowest BCUT2D eigenvalue weighted by atomic mass is 9.98. The molecule has 1 N–H and O–H groups in total. The molecule has 1 aromatic rings. The summed E-state index contributed by atoms with van der Waals surface area (Å²) in [5, 5.41) is 9.47. The minimum atomic E-state index is -3.36. The van der Waals surface area contributed by atoms with Crippen LogP contribution in [0, 0.1) is 5.92 Å². The Morgan fingerprint density at radius 2 is 2.03 bits per heavy atom. The van der Waals surface area contributed by atoms with Gasteiger partial charge in [0.1, 0.15) is 0 Å². The van der Waals surface area contributed by atoms with E-state index in [1.165, 1.54) is 12.8 Å². The molecular formula is C22H41N3O3S. The number of nitrogens with zero attached hydrogens (tertiary/aromatic N) is 3. The van der Waals surface area contributed by atoms with Gasteiger partial charge in [0.2, 0.25) is 15.0 Å². The fourth-order valence-electron chi connectivity index (χ4n) is 4.22. The molecule has 0 unspecified atom stereocenters. The van der Waals surface area contributed by atoms with E-state index < -0.39 is 9.84 Å². The first kappa shape index (κ1) is 24.4. The molecule has 0 amide bonds. The van der Waals surface area contributed by atoms with Crippen LogP contribution in [0.25, 0.3) is 0 Å². The summed E-state index contributed by atoms with van der Waals surface area (Å²) in [5.74, 6) is 0.687. The number of aliphatic hydroxyl groups excluding tert-OH is 1. The number of hydrogen-bond donors (Lipinski definition) is 1. The van der Waals surface area contributed by atoms with Gasteiger partial charge in [-0.1, -0.05) is 33.6 Å². The van der Waals surface area contributed by atoms with Crippen LogP contribution in [-0.2, 0) is 22.9 Å². The van der Waals surface area contributed by atoms with Gasteiger partial charge in [-0.25, -0.2) is 13.4 Å². The van der Waals surface area contributed by atoms with Crippen molar-refractivity contribution in [2.75, 3.05) is 18.9 Å². The largest absolute Gasteiger partial charge is 0.396 e. The zero-order valence-corrected chi connectivity index (χ0v) is 19.5. The highest BCUT2D eigenvalue weighted by molar-refractivity contribution is 7.91. The van der Waals surface area contributed by atoms with Gasteiger partial charge < -0.3 is 9.67 Å². The Hall–Kier alpha value is -0.920. The molecule has 0 aromatic carbocycles. The zero-order valence-electron chi connectivity index (χ0n) is 18.6. The van der Waals surface area contributed by atoms with Crippen molar-refractivity contribution in [3.05, 3.63) is 11.9 Å². The molecule has 1 fully saturated rings. The Morgan fingerprint density at radius 3 is 2.72 bits per heavy atom. The minimum absolute atomic E-state index is 0.177. The van der Waals surface area contributed by atoms with E-state index in [0.29, 0.717) is 24.9 Å². The predicted octanol–water partition coefficient (Wildman–Crippen LogP) is 4.02. The number of unbranched alkanes of at least 4 members (excludes halogenated alkanes) is 1. The fourth-order valence-corrected chi connectivity index (χ4v) is 5.71. The molecule has 29 heavy (non-hydrogen) atoms. The Morgan fingerprint density at radius 1 is 1.24 bits per heavy atom. The van der Waals surface area contributed by atoms with E-state index >= 15 is 0 Å². The van der Waals surface area contributed by atoms with Gasteiger partial charge in [-0.15, -0.1) is 0 Å². The van der Waals surface area contributed by atoms with Gasteiger partial charge in [-0.2, -0.15) is 0 Å². The third kappa shape index (κ3) is 7.37. The standard InChI is InChI=1S/C22H41N3O3S/c1-4-5-14-25-21(18-24-13-7-6-11-20(24)12-8-15-26)17-23-22(25)29(27,28)16-9-10-19(2)3/h17,19-20,26H,4-16,18H2,1-3H3/t20-/m1/s1. The molecule has 0 saturated carbocycles. The summed E-state index contributed by atoms with van der Waals surface area (Å²) < 4.78 is 27.9. The van der Waals surface area contributed by atoms with Gasteiger partial charge in [0, 0.05) is 25.7 Å². The topological polar surface area (TPSA) is 75.4 Å². The van der Waals surface area contributed by atoms with Gasteiger partial charge in [0.25, 0.3) is 0 Å². The second-order valence-electron chi connectivity index (χ2n) is 8.88. The maximum absolute atomic E-state index is 13.0. The summed E-state index contributed by atoms with van der Waals surface area (Å²) in [6.45, 7) is 9.09. The number of likely N-dealkylation sites (tertiary alicyclic amines) is 1. The molecule has 0 aliphatic carbocycles. The van der Waals surface area contributed by atoms with Crippen molar-refractivity contribution in [1.82, 2.24) is 14.5 Å². The third-order valence-corrected chi connectivity index (χ3v) is 7.63. The first-order chi connectivity index (χ1) is 13.9. The average Bonchev–Trinajstić information content (AvgIpc) is 3.08. The molecule has 168 valence electrons. The molecule has 1 aliphatic heterocycles. The van der Waals surface area contributed by atoms with E-state index in [0.717, 1.165) is 57.3 Å².